The Morgan fingerprint density at radius 2 is 2.06 bits per heavy atom. The molecule has 0 spiro atoms. The van der Waals surface area contributed by atoms with Crippen LogP contribution in [-0.4, -0.2) is 9.97 Å². The summed E-state index contributed by atoms with van der Waals surface area (Å²) in [5.74, 6) is -0.357. The zero-order valence-electron chi connectivity index (χ0n) is 9.31. The van der Waals surface area contributed by atoms with Crippen molar-refractivity contribution in [2.75, 3.05) is 0 Å². The number of pyridine rings is 1. The fourth-order valence-corrected chi connectivity index (χ4v) is 2.03. The highest BCUT2D eigenvalue weighted by atomic mass is 19.1. The van der Waals surface area contributed by atoms with E-state index in [1.807, 2.05) is 6.07 Å². The Balaban J connectivity index is 2.36. The molecular formula is C14H8FN3. The normalized spacial score (nSPS) is 10.4. The number of nitrogens with zero attached hydrogens (tertiary/aromatic N) is 2. The lowest BCUT2D eigenvalue weighted by molar-refractivity contribution is 0.628. The second kappa shape index (κ2) is 3.97. The van der Waals surface area contributed by atoms with Gasteiger partial charge in [-0.15, -0.1) is 0 Å². The number of halogens is 1. The van der Waals surface area contributed by atoms with Crippen LogP contribution in [0.25, 0.3) is 22.2 Å². The van der Waals surface area contributed by atoms with Gasteiger partial charge in [-0.1, -0.05) is 0 Å². The van der Waals surface area contributed by atoms with E-state index in [4.69, 9.17) is 5.26 Å². The molecule has 4 heteroatoms. The molecular weight excluding hydrogens is 229 g/mol. The summed E-state index contributed by atoms with van der Waals surface area (Å²) in [6.45, 7) is 0. The van der Waals surface area contributed by atoms with Gasteiger partial charge in [0.25, 0.3) is 0 Å². The van der Waals surface area contributed by atoms with E-state index in [1.54, 1.807) is 18.5 Å². The molecule has 0 aliphatic heterocycles. The van der Waals surface area contributed by atoms with Crippen LogP contribution in [0.3, 0.4) is 0 Å². The van der Waals surface area contributed by atoms with E-state index in [-0.39, 0.29) is 5.82 Å². The molecule has 0 unspecified atom stereocenters. The van der Waals surface area contributed by atoms with Crippen LogP contribution in [0.5, 0.6) is 0 Å². The molecule has 0 saturated carbocycles. The van der Waals surface area contributed by atoms with Crippen molar-refractivity contribution >= 4 is 11.0 Å². The standard InChI is InChI=1S/C14H8FN3/c15-10-2-1-9(8-16)13(7-10)11-3-5-17-14-12(11)4-6-18-14/h1-7H,(H,17,18). The smallest absolute Gasteiger partial charge is 0.137 e. The summed E-state index contributed by atoms with van der Waals surface area (Å²) in [5, 5.41) is 9.97. The number of benzene rings is 1. The van der Waals surface area contributed by atoms with Crippen LogP contribution in [0.2, 0.25) is 0 Å². The van der Waals surface area contributed by atoms with E-state index in [9.17, 15) is 4.39 Å². The molecule has 3 nitrogen and oxygen atoms in total. The van der Waals surface area contributed by atoms with Crippen LogP contribution in [0.15, 0.2) is 42.7 Å². The average Bonchev–Trinajstić information content (AvgIpc) is 2.86. The summed E-state index contributed by atoms with van der Waals surface area (Å²) in [6, 6.07) is 9.88. The Morgan fingerprint density at radius 3 is 2.89 bits per heavy atom. The van der Waals surface area contributed by atoms with Gasteiger partial charge in [0.2, 0.25) is 0 Å². The quantitative estimate of drug-likeness (QED) is 0.706. The van der Waals surface area contributed by atoms with Crippen molar-refractivity contribution in [2.24, 2.45) is 0 Å². The maximum atomic E-state index is 13.4. The predicted octanol–water partition coefficient (Wildman–Crippen LogP) is 3.24. The third-order valence-corrected chi connectivity index (χ3v) is 2.85. The highest BCUT2D eigenvalue weighted by Gasteiger charge is 2.10. The molecule has 18 heavy (non-hydrogen) atoms. The SMILES string of the molecule is N#Cc1ccc(F)cc1-c1ccnc2[nH]ccc12. The van der Waals surface area contributed by atoms with Crippen LogP contribution in [0.1, 0.15) is 5.56 Å². The van der Waals surface area contributed by atoms with Gasteiger partial charge in [-0.3, -0.25) is 0 Å². The van der Waals surface area contributed by atoms with Gasteiger partial charge in [0.1, 0.15) is 11.5 Å². The minimum atomic E-state index is -0.357. The molecule has 0 radical (unpaired) electrons. The molecule has 1 N–H and O–H groups in total. The van der Waals surface area contributed by atoms with E-state index in [2.05, 4.69) is 16.0 Å². The first-order chi connectivity index (χ1) is 8.79. The number of aromatic nitrogens is 2. The van der Waals surface area contributed by atoms with Crippen LogP contribution in [0.4, 0.5) is 4.39 Å². The first-order valence-corrected chi connectivity index (χ1v) is 5.42. The fraction of sp³-hybridized carbons (Fsp3) is 0. The summed E-state index contributed by atoms with van der Waals surface area (Å²) in [4.78, 5) is 7.17. The second-order valence-corrected chi connectivity index (χ2v) is 3.90. The first-order valence-electron chi connectivity index (χ1n) is 5.42. The van der Waals surface area contributed by atoms with Gasteiger partial charge in [0.15, 0.2) is 0 Å². The van der Waals surface area contributed by atoms with Crippen molar-refractivity contribution in [1.29, 1.82) is 5.26 Å². The van der Waals surface area contributed by atoms with Crippen molar-refractivity contribution < 1.29 is 4.39 Å². The van der Waals surface area contributed by atoms with Crippen molar-refractivity contribution in [1.82, 2.24) is 9.97 Å². The number of aromatic amines is 1. The molecule has 2 heterocycles. The van der Waals surface area contributed by atoms with Gasteiger partial charge in [0.05, 0.1) is 11.6 Å². The third kappa shape index (κ3) is 1.54. The number of nitriles is 1. The van der Waals surface area contributed by atoms with Gasteiger partial charge in [0, 0.05) is 23.3 Å². The average molecular weight is 237 g/mol. The zero-order valence-corrected chi connectivity index (χ0v) is 9.31. The number of hydrogen-bond acceptors (Lipinski definition) is 2. The summed E-state index contributed by atoms with van der Waals surface area (Å²) in [5.41, 5.74) is 2.56. The highest BCUT2D eigenvalue weighted by molar-refractivity contribution is 5.94. The molecule has 1 aromatic carbocycles. The van der Waals surface area contributed by atoms with Gasteiger partial charge < -0.3 is 4.98 Å². The number of nitrogens with one attached hydrogen (secondary N) is 1. The Labute approximate surface area is 103 Å². The van der Waals surface area contributed by atoms with Gasteiger partial charge in [-0.25, -0.2) is 9.37 Å². The number of H-pyrrole nitrogens is 1. The number of rotatable bonds is 1. The first kappa shape index (κ1) is 10.5. The van der Waals surface area contributed by atoms with Crippen LogP contribution < -0.4 is 0 Å². The summed E-state index contributed by atoms with van der Waals surface area (Å²) in [6.07, 6.45) is 3.41. The Kier molecular flexibility index (Phi) is 2.31. The predicted molar refractivity (Wildman–Crippen MR) is 66.2 cm³/mol. The molecule has 0 atom stereocenters. The Morgan fingerprint density at radius 1 is 1.17 bits per heavy atom. The second-order valence-electron chi connectivity index (χ2n) is 3.90. The van der Waals surface area contributed by atoms with Crippen LogP contribution >= 0.6 is 0 Å². The van der Waals surface area contributed by atoms with Gasteiger partial charge >= 0.3 is 0 Å². The van der Waals surface area contributed by atoms with E-state index >= 15 is 0 Å². The summed E-state index contributed by atoms with van der Waals surface area (Å²) < 4.78 is 13.4. The summed E-state index contributed by atoms with van der Waals surface area (Å²) >= 11 is 0. The zero-order chi connectivity index (χ0) is 12.5. The van der Waals surface area contributed by atoms with E-state index in [0.29, 0.717) is 11.1 Å². The Bertz CT molecular complexity index is 768. The molecule has 0 fully saturated rings. The van der Waals surface area contributed by atoms with Crippen molar-refractivity contribution in [3.63, 3.8) is 0 Å². The Hall–Kier alpha value is -2.67. The van der Waals surface area contributed by atoms with E-state index in [0.717, 1.165) is 16.6 Å². The summed E-state index contributed by atoms with van der Waals surface area (Å²) in [7, 11) is 0. The lowest BCUT2D eigenvalue weighted by atomic mass is 9.99. The molecule has 3 rings (SSSR count). The third-order valence-electron chi connectivity index (χ3n) is 2.85. The maximum absolute atomic E-state index is 13.4. The van der Waals surface area contributed by atoms with E-state index < -0.39 is 0 Å². The lowest BCUT2D eigenvalue weighted by Crippen LogP contribution is -1.88. The fourth-order valence-electron chi connectivity index (χ4n) is 2.03. The van der Waals surface area contributed by atoms with Gasteiger partial charge in [-0.05, 0) is 35.9 Å². The highest BCUT2D eigenvalue weighted by Crippen LogP contribution is 2.29. The molecule has 3 aromatic rings. The van der Waals surface area contributed by atoms with Crippen LogP contribution in [0, 0.1) is 17.1 Å². The molecule has 2 aromatic heterocycles. The van der Waals surface area contributed by atoms with Crippen molar-refractivity contribution in [2.45, 2.75) is 0 Å². The minimum absolute atomic E-state index is 0.357. The lowest BCUT2D eigenvalue weighted by Gasteiger charge is -2.05. The maximum Gasteiger partial charge on any atom is 0.137 e. The number of hydrogen-bond donors (Lipinski definition) is 1. The molecule has 0 aliphatic rings. The largest absolute Gasteiger partial charge is 0.346 e. The van der Waals surface area contributed by atoms with Crippen molar-refractivity contribution in [3.05, 3.63) is 54.1 Å². The topological polar surface area (TPSA) is 52.5 Å². The van der Waals surface area contributed by atoms with Gasteiger partial charge in [-0.2, -0.15) is 5.26 Å². The molecule has 0 aliphatic carbocycles. The molecule has 86 valence electrons. The monoisotopic (exact) mass is 237 g/mol. The molecule has 0 amide bonds. The molecule has 0 saturated heterocycles. The van der Waals surface area contributed by atoms with Crippen molar-refractivity contribution in [3.8, 4) is 17.2 Å². The van der Waals surface area contributed by atoms with E-state index in [1.165, 1.54) is 18.2 Å². The molecule has 0 bridgehead atoms. The number of fused-ring (bicyclic) bond motifs is 1. The van der Waals surface area contributed by atoms with Crippen LogP contribution in [-0.2, 0) is 0 Å². The minimum Gasteiger partial charge on any atom is -0.346 e.